The van der Waals surface area contributed by atoms with E-state index in [0.29, 0.717) is 18.3 Å². The molecule has 2 heterocycles. The number of benzene rings is 2. The molecular weight excluding hydrogens is 355 g/mol. The van der Waals surface area contributed by atoms with E-state index < -0.39 is 6.10 Å². The van der Waals surface area contributed by atoms with Crippen LogP contribution in [0, 0.1) is 5.82 Å². The number of halogens is 1. The summed E-state index contributed by atoms with van der Waals surface area (Å²) >= 11 is 0. The Morgan fingerprint density at radius 2 is 1.89 bits per heavy atom. The summed E-state index contributed by atoms with van der Waals surface area (Å²) < 4.78 is 13.1. The highest BCUT2D eigenvalue weighted by molar-refractivity contribution is 5.50. The monoisotopic (exact) mass is 378 g/mol. The number of nitrogens with one attached hydrogen (secondary N) is 1. The summed E-state index contributed by atoms with van der Waals surface area (Å²) in [6.07, 6.45) is 1.94. The smallest absolute Gasteiger partial charge is 0.134 e. The Labute approximate surface area is 163 Å². The zero-order valence-electron chi connectivity index (χ0n) is 15.5. The van der Waals surface area contributed by atoms with Crippen molar-refractivity contribution in [3.05, 3.63) is 83.9 Å². The van der Waals surface area contributed by atoms with Crippen molar-refractivity contribution in [1.82, 2.24) is 9.97 Å². The van der Waals surface area contributed by atoms with Crippen molar-refractivity contribution < 1.29 is 9.50 Å². The van der Waals surface area contributed by atoms with Gasteiger partial charge < -0.3 is 15.3 Å². The molecule has 0 radical (unpaired) electrons. The third kappa shape index (κ3) is 4.28. The van der Waals surface area contributed by atoms with E-state index in [0.717, 1.165) is 36.5 Å². The number of aliphatic hydroxyl groups excluding tert-OH is 1. The molecule has 1 aliphatic rings. The Morgan fingerprint density at radius 3 is 2.68 bits per heavy atom. The zero-order chi connectivity index (χ0) is 19.3. The van der Waals surface area contributed by atoms with Crippen molar-refractivity contribution >= 4 is 11.6 Å². The molecule has 0 bridgehead atoms. The lowest BCUT2D eigenvalue weighted by atomic mass is 9.99. The lowest BCUT2D eigenvalue weighted by Crippen LogP contribution is -2.21. The van der Waals surface area contributed by atoms with Gasteiger partial charge >= 0.3 is 0 Å². The van der Waals surface area contributed by atoms with Gasteiger partial charge in [-0.05, 0) is 29.7 Å². The van der Waals surface area contributed by atoms with Crippen LogP contribution in [0.2, 0.25) is 0 Å². The molecule has 4 rings (SSSR count). The molecule has 0 saturated carbocycles. The van der Waals surface area contributed by atoms with Crippen molar-refractivity contribution in [3.8, 4) is 0 Å². The molecule has 5 nitrogen and oxygen atoms in total. The van der Waals surface area contributed by atoms with Crippen LogP contribution >= 0.6 is 0 Å². The highest BCUT2D eigenvalue weighted by atomic mass is 19.1. The Morgan fingerprint density at radius 1 is 1.11 bits per heavy atom. The van der Waals surface area contributed by atoms with E-state index in [1.54, 1.807) is 0 Å². The minimum atomic E-state index is -0.603. The normalized spacial score (nSPS) is 17.5. The summed E-state index contributed by atoms with van der Waals surface area (Å²) in [7, 11) is 0. The van der Waals surface area contributed by atoms with Crippen LogP contribution in [0.5, 0.6) is 0 Å². The van der Waals surface area contributed by atoms with Crippen molar-refractivity contribution in [2.75, 3.05) is 29.9 Å². The van der Waals surface area contributed by atoms with Gasteiger partial charge in [0.1, 0.15) is 23.8 Å². The van der Waals surface area contributed by atoms with Gasteiger partial charge in [0, 0.05) is 31.6 Å². The van der Waals surface area contributed by atoms with Crippen LogP contribution in [-0.2, 0) is 0 Å². The number of rotatable bonds is 6. The molecule has 2 atom stereocenters. The van der Waals surface area contributed by atoms with E-state index >= 15 is 0 Å². The number of hydrogen-bond acceptors (Lipinski definition) is 5. The Kier molecular flexibility index (Phi) is 5.48. The van der Waals surface area contributed by atoms with Gasteiger partial charge in [-0.25, -0.2) is 14.4 Å². The lowest BCUT2D eigenvalue weighted by Gasteiger charge is -2.19. The standard InChI is InChI=1S/C22H23FN4O/c23-19-8-6-16(7-9-19)18-10-11-27(14-18)22-12-21(25-15-26-22)24-13-20(28)17-4-2-1-3-5-17/h1-9,12,15,18,20,28H,10-11,13-14H2,(H,24,25,26). The van der Waals surface area contributed by atoms with E-state index in [1.165, 1.54) is 18.5 Å². The third-order valence-corrected chi connectivity index (χ3v) is 5.17. The van der Waals surface area contributed by atoms with Crippen LogP contribution < -0.4 is 10.2 Å². The Bertz CT molecular complexity index is 904. The number of anilines is 2. The first-order chi connectivity index (χ1) is 13.7. The number of hydrogen-bond donors (Lipinski definition) is 2. The maximum Gasteiger partial charge on any atom is 0.134 e. The fraction of sp³-hybridized carbons (Fsp3) is 0.273. The fourth-order valence-corrected chi connectivity index (χ4v) is 3.59. The predicted octanol–water partition coefficient (Wildman–Crippen LogP) is 3.76. The molecule has 2 aromatic carbocycles. The van der Waals surface area contributed by atoms with Gasteiger partial charge in [0.05, 0.1) is 6.10 Å². The highest BCUT2D eigenvalue weighted by Gasteiger charge is 2.25. The van der Waals surface area contributed by atoms with E-state index in [-0.39, 0.29) is 5.82 Å². The van der Waals surface area contributed by atoms with Gasteiger partial charge in [0.25, 0.3) is 0 Å². The van der Waals surface area contributed by atoms with E-state index in [2.05, 4.69) is 20.2 Å². The van der Waals surface area contributed by atoms with Gasteiger partial charge in [-0.1, -0.05) is 42.5 Å². The Hall–Kier alpha value is -2.99. The van der Waals surface area contributed by atoms with Crippen LogP contribution in [0.4, 0.5) is 16.0 Å². The molecule has 2 unspecified atom stereocenters. The molecule has 1 aromatic heterocycles. The molecule has 6 heteroatoms. The average Bonchev–Trinajstić information content (AvgIpc) is 3.24. The average molecular weight is 378 g/mol. The van der Waals surface area contributed by atoms with Gasteiger partial charge in [-0.2, -0.15) is 0 Å². The molecule has 1 fully saturated rings. The van der Waals surface area contributed by atoms with Gasteiger partial charge in [0.2, 0.25) is 0 Å². The third-order valence-electron chi connectivity index (χ3n) is 5.17. The largest absolute Gasteiger partial charge is 0.387 e. The minimum absolute atomic E-state index is 0.206. The number of aliphatic hydroxyl groups is 1. The highest BCUT2D eigenvalue weighted by Crippen LogP contribution is 2.30. The molecule has 0 amide bonds. The van der Waals surface area contributed by atoms with Gasteiger partial charge in [-0.3, -0.25) is 0 Å². The second-order valence-corrected chi connectivity index (χ2v) is 7.05. The summed E-state index contributed by atoms with van der Waals surface area (Å²) in [5.74, 6) is 1.70. The molecule has 0 aliphatic carbocycles. The van der Waals surface area contributed by atoms with Crippen molar-refractivity contribution in [2.45, 2.75) is 18.4 Å². The lowest BCUT2D eigenvalue weighted by molar-refractivity contribution is 0.191. The van der Waals surface area contributed by atoms with Gasteiger partial charge in [0.15, 0.2) is 0 Å². The predicted molar refractivity (Wildman–Crippen MR) is 108 cm³/mol. The second kappa shape index (κ2) is 8.35. The second-order valence-electron chi connectivity index (χ2n) is 7.05. The minimum Gasteiger partial charge on any atom is -0.387 e. The van der Waals surface area contributed by atoms with Crippen LogP contribution in [0.3, 0.4) is 0 Å². The SMILES string of the molecule is OC(CNc1cc(N2CCC(c3ccc(F)cc3)C2)ncn1)c1ccccc1. The number of nitrogens with zero attached hydrogens (tertiary/aromatic N) is 3. The van der Waals surface area contributed by atoms with E-state index in [1.807, 2.05) is 48.5 Å². The topological polar surface area (TPSA) is 61.3 Å². The van der Waals surface area contributed by atoms with Crippen molar-refractivity contribution in [1.29, 1.82) is 0 Å². The maximum atomic E-state index is 13.1. The van der Waals surface area contributed by atoms with Crippen molar-refractivity contribution in [2.24, 2.45) is 0 Å². The van der Waals surface area contributed by atoms with Crippen LogP contribution in [0.1, 0.15) is 29.6 Å². The first-order valence-electron chi connectivity index (χ1n) is 9.48. The summed E-state index contributed by atoms with van der Waals surface area (Å²) in [6, 6.07) is 18.2. The van der Waals surface area contributed by atoms with Crippen LogP contribution in [0.15, 0.2) is 67.0 Å². The molecule has 144 valence electrons. The van der Waals surface area contributed by atoms with E-state index in [9.17, 15) is 9.50 Å². The molecule has 2 N–H and O–H groups in total. The van der Waals surface area contributed by atoms with E-state index in [4.69, 9.17) is 0 Å². The first-order valence-corrected chi connectivity index (χ1v) is 9.48. The Balaban J connectivity index is 1.38. The molecule has 3 aromatic rings. The van der Waals surface area contributed by atoms with Crippen LogP contribution in [-0.4, -0.2) is 34.7 Å². The zero-order valence-corrected chi connectivity index (χ0v) is 15.5. The van der Waals surface area contributed by atoms with Crippen LogP contribution in [0.25, 0.3) is 0 Å². The fourth-order valence-electron chi connectivity index (χ4n) is 3.59. The number of aromatic nitrogens is 2. The molecule has 0 spiro atoms. The van der Waals surface area contributed by atoms with Gasteiger partial charge in [-0.15, -0.1) is 0 Å². The van der Waals surface area contributed by atoms with Crippen molar-refractivity contribution in [3.63, 3.8) is 0 Å². The molecule has 1 aliphatic heterocycles. The molecule has 28 heavy (non-hydrogen) atoms. The maximum absolute atomic E-state index is 13.1. The molecular formula is C22H23FN4O. The summed E-state index contributed by atoms with van der Waals surface area (Å²) in [5, 5.41) is 13.5. The first kappa shape index (κ1) is 18.4. The summed E-state index contributed by atoms with van der Waals surface area (Å²) in [4.78, 5) is 10.9. The summed E-state index contributed by atoms with van der Waals surface area (Å²) in [6.45, 7) is 2.11. The quantitative estimate of drug-likeness (QED) is 0.684. The summed E-state index contributed by atoms with van der Waals surface area (Å²) in [5.41, 5.74) is 2.02. The molecule has 1 saturated heterocycles.